The monoisotopic (exact) mass is 227 g/mol. The number of aliphatic hydroxyl groups excluding tert-OH is 1. The van der Waals surface area contributed by atoms with E-state index in [-0.39, 0.29) is 6.42 Å². The fraction of sp³-hybridized carbons (Fsp3) is 0.917. The van der Waals surface area contributed by atoms with Crippen LogP contribution < -0.4 is 0 Å². The molecule has 16 heavy (non-hydrogen) atoms. The van der Waals surface area contributed by atoms with Gasteiger partial charge in [0.2, 0.25) is 0 Å². The van der Waals surface area contributed by atoms with Crippen molar-refractivity contribution in [2.45, 2.75) is 50.7 Å². The van der Waals surface area contributed by atoms with Crippen LogP contribution in [0.1, 0.15) is 38.5 Å². The molecule has 4 nitrogen and oxygen atoms in total. The van der Waals surface area contributed by atoms with Gasteiger partial charge in [-0.3, -0.25) is 9.69 Å². The summed E-state index contributed by atoms with van der Waals surface area (Å²) in [6.07, 6.45) is 5.50. The molecule has 1 aliphatic heterocycles. The van der Waals surface area contributed by atoms with Gasteiger partial charge in [0.05, 0.1) is 12.5 Å². The van der Waals surface area contributed by atoms with Gasteiger partial charge in [-0.1, -0.05) is 6.42 Å². The first-order valence-corrected chi connectivity index (χ1v) is 6.30. The highest BCUT2D eigenvalue weighted by Gasteiger charge is 2.35. The normalized spacial score (nSPS) is 32.3. The van der Waals surface area contributed by atoms with Crippen LogP contribution in [0.5, 0.6) is 0 Å². The van der Waals surface area contributed by atoms with Crippen molar-refractivity contribution in [2.75, 3.05) is 13.1 Å². The van der Waals surface area contributed by atoms with Crippen molar-refractivity contribution in [2.24, 2.45) is 5.92 Å². The van der Waals surface area contributed by atoms with Crippen molar-refractivity contribution in [3.8, 4) is 0 Å². The molecule has 1 heterocycles. The Morgan fingerprint density at radius 3 is 2.81 bits per heavy atom. The lowest BCUT2D eigenvalue weighted by molar-refractivity contribution is -0.139. The first-order valence-electron chi connectivity index (χ1n) is 6.30. The zero-order chi connectivity index (χ0) is 11.5. The Balaban J connectivity index is 1.85. The van der Waals surface area contributed by atoms with Crippen molar-refractivity contribution >= 4 is 5.97 Å². The molecule has 4 heteroatoms. The Labute approximate surface area is 96.3 Å². The third-order valence-electron chi connectivity index (χ3n) is 3.96. The standard InChI is InChI=1S/C12H21NO3/c14-10(7-12(15)16)8-13-6-2-4-9-3-1-5-11(9)13/h9-11,14H,1-8H2,(H,15,16). The molecule has 1 saturated heterocycles. The van der Waals surface area contributed by atoms with E-state index in [1.54, 1.807) is 0 Å². The lowest BCUT2D eigenvalue weighted by atomic mass is 9.91. The molecule has 1 aliphatic carbocycles. The Hall–Kier alpha value is -0.610. The minimum Gasteiger partial charge on any atom is -0.481 e. The van der Waals surface area contributed by atoms with Crippen molar-refractivity contribution in [3.63, 3.8) is 0 Å². The maximum atomic E-state index is 10.5. The average Bonchev–Trinajstić information content (AvgIpc) is 2.65. The van der Waals surface area contributed by atoms with Gasteiger partial charge in [-0.2, -0.15) is 0 Å². The minimum atomic E-state index is -0.910. The van der Waals surface area contributed by atoms with Crippen LogP contribution in [0.3, 0.4) is 0 Å². The Morgan fingerprint density at radius 2 is 2.06 bits per heavy atom. The van der Waals surface area contributed by atoms with Gasteiger partial charge in [0.1, 0.15) is 0 Å². The average molecular weight is 227 g/mol. The zero-order valence-electron chi connectivity index (χ0n) is 9.64. The molecule has 0 spiro atoms. The number of β-amino-alcohol motifs (C(OH)–C–C–N with tert-alkyl or cyclic N) is 1. The maximum Gasteiger partial charge on any atom is 0.306 e. The van der Waals surface area contributed by atoms with Gasteiger partial charge in [0.25, 0.3) is 0 Å². The molecule has 0 aromatic carbocycles. The van der Waals surface area contributed by atoms with Crippen molar-refractivity contribution in [3.05, 3.63) is 0 Å². The van der Waals surface area contributed by atoms with Crippen LogP contribution in [0.4, 0.5) is 0 Å². The fourth-order valence-corrected chi connectivity index (χ4v) is 3.32. The molecule has 0 aromatic rings. The molecule has 0 radical (unpaired) electrons. The summed E-state index contributed by atoms with van der Waals surface area (Å²) in [6.45, 7) is 1.56. The molecular formula is C12H21NO3. The second kappa shape index (κ2) is 5.15. The number of fused-ring (bicyclic) bond motifs is 1. The van der Waals surface area contributed by atoms with E-state index >= 15 is 0 Å². The van der Waals surface area contributed by atoms with E-state index in [9.17, 15) is 9.90 Å². The summed E-state index contributed by atoms with van der Waals surface area (Å²) in [4.78, 5) is 12.8. The Morgan fingerprint density at radius 1 is 1.31 bits per heavy atom. The smallest absolute Gasteiger partial charge is 0.306 e. The lowest BCUT2D eigenvalue weighted by Gasteiger charge is -2.38. The summed E-state index contributed by atoms with van der Waals surface area (Å²) in [5, 5.41) is 18.3. The molecule has 1 saturated carbocycles. The van der Waals surface area contributed by atoms with E-state index in [4.69, 9.17) is 5.11 Å². The Bertz CT molecular complexity index is 257. The van der Waals surface area contributed by atoms with Crippen molar-refractivity contribution in [1.29, 1.82) is 0 Å². The summed E-state index contributed by atoms with van der Waals surface area (Å²) in [7, 11) is 0. The summed E-state index contributed by atoms with van der Waals surface area (Å²) < 4.78 is 0. The SMILES string of the molecule is O=C(O)CC(O)CN1CCCC2CCCC21. The zero-order valence-corrected chi connectivity index (χ0v) is 9.64. The van der Waals surface area contributed by atoms with Gasteiger partial charge in [-0.25, -0.2) is 0 Å². The highest BCUT2D eigenvalue weighted by Crippen LogP contribution is 2.36. The number of nitrogens with zero attached hydrogens (tertiary/aromatic N) is 1. The van der Waals surface area contributed by atoms with E-state index in [2.05, 4.69) is 4.90 Å². The lowest BCUT2D eigenvalue weighted by Crippen LogP contribution is -2.46. The second-order valence-electron chi connectivity index (χ2n) is 5.15. The Kier molecular flexibility index (Phi) is 3.82. The van der Waals surface area contributed by atoms with Crippen LogP contribution in [0.2, 0.25) is 0 Å². The number of carbonyl (C=O) groups is 1. The molecule has 0 amide bonds. The molecule has 3 unspecified atom stereocenters. The number of aliphatic carboxylic acids is 1. The van der Waals surface area contributed by atoms with Crippen LogP contribution in [0, 0.1) is 5.92 Å². The fourth-order valence-electron chi connectivity index (χ4n) is 3.32. The molecule has 2 rings (SSSR count). The molecule has 2 fully saturated rings. The number of hydrogen-bond acceptors (Lipinski definition) is 3. The molecular weight excluding hydrogens is 206 g/mol. The number of rotatable bonds is 4. The summed E-state index contributed by atoms with van der Waals surface area (Å²) in [6, 6.07) is 0.609. The van der Waals surface area contributed by atoms with Crippen LogP contribution in [-0.2, 0) is 4.79 Å². The van der Waals surface area contributed by atoms with Gasteiger partial charge in [-0.05, 0) is 38.1 Å². The number of aliphatic hydroxyl groups is 1. The van der Waals surface area contributed by atoms with Crippen LogP contribution in [0.15, 0.2) is 0 Å². The van der Waals surface area contributed by atoms with E-state index in [1.165, 1.54) is 32.1 Å². The van der Waals surface area contributed by atoms with Crippen molar-refractivity contribution < 1.29 is 15.0 Å². The number of likely N-dealkylation sites (tertiary alicyclic amines) is 1. The predicted molar refractivity (Wildman–Crippen MR) is 60.2 cm³/mol. The first-order chi connectivity index (χ1) is 7.66. The van der Waals surface area contributed by atoms with Gasteiger partial charge < -0.3 is 10.2 Å². The number of piperidine rings is 1. The number of carboxylic acid groups (broad SMARTS) is 1. The maximum absolute atomic E-state index is 10.5. The van der Waals surface area contributed by atoms with Crippen LogP contribution in [-0.4, -0.2) is 46.3 Å². The van der Waals surface area contributed by atoms with Gasteiger partial charge in [-0.15, -0.1) is 0 Å². The molecule has 3 atom stereocenters. The van der Waals surface area contributed by atoms with Gasteiger partial charge >= 0.3 is 5.97 Å². The van der Waals surface area contributed by atoms with Crippen molar-refractivity contribution in [1.82, 2.24) is 4.90 Å². The number of hydrogen-bond donors (Lipinski definition) is 2. The first kappa shape index (κ1) is 11.9. The number of carboxylic acids is 1. The quantitative estimate of drug-likeness (QED) is 0.754. The largest absolute Gasteiger partial charge is 0.481 e. The van der Waals surface area contributed by atoms with E-state index < -0.39 is 12.1 Å². The molecule has 92 valence electrons. The predicted octanol–water partition coefficient (Wildman–Crippen LogP) is 1.09. The van der Waals surface area contributed by atoms with Gasteiger partial charge in [0.15, 0.2) is 0 Å². The molecule has 0 bridgehead atoms. The second-order valence-corrected chi connectivity index (χ2v) is 5.15. The molecule has 2 aliphatic rings. The third kappa shape index (κ3) is 2.74. The topological polar surface area (TPSA) is 60.8 Å². The third-order valence-corrected chi connectivity index (χ3v) is 3.96. The van der Waals surface area contributed by atoms with E-state index in [0.717, 1.165) is 12.5 Å². The van der Waals surface area contributed by atoms with Gasteiger partial charge in [0, 0.05) is 12.6 Å². The molecule has 2 N–H and O–H groups in total. The van der Waals surface area contributed by atoms with E-state index in [0.29, 0.717) is 12.6 Å². The van der Waals surface area contributed by atoms with Crippen LogP contribution in [0.25, 0.3) is 0 Å². The highest BCUT2D eigenvalue weighted by atomic mass is 16.4. The minimum absolute atomic E-state index is 0.131. The van der Waals surface area contributed by atoms with E-state index in [1.807, 2.05) is 0 Å². The molecule has 0 aromatic heterocycles. The highest BCUT2D eigenvalue weighted by molar-refractivity contribution is 5.67. The van der Waals surface area contributed by atoms with Crippen LogP contribution >= 0.6 is 0 Å². The summed E-state index contributed by atoms with van der Waals surface area (Å²) in [5.74, 6) is -0.113. The summed E-state index contributed by atoms with van der Waals surface area (Å²) in [5.41, 5.74) is 0. The summed E-state index contributed by atoms with van der Waals surface area (Å²) >= 11 is 0.